The predicted molar refractivity (Wildman–Crippen MR) is 69.6 cm³/mol. The van der Waals surface area contributed by atoms with Gasteiger partial charge < -0.3 is 20.1 Å². The van der Waals surface area contributed by atoms with Gasteiger partial charge in [-0.25, -0.2) is 0 Å². The fourth-order valence-corrected chi connectivity index (χ4v) is 1.90. The molecule has 2 N–H and O–H groups in total. The Morgan fingerprint density at radius 2 is 2.05 bits per heavy atom. The van der Waals surface area contributed by atoms with Crippen molar-refractivity contribution in [2.75, 3.05) is 59.1 Å². The van der Waals surface area contributed by atoms with Crippen molar-refractivity contribution < 1.29 is 19.4 Å². The largest absolute Gasteiger partial charge is 0.395 e. The molecule has 1 aliphatic rings. The molecule has 1 heterocycles. The van der Waals surface area contributed by atoms with E-state index in [0.29, 0.717) is 32.8 Å². The van der Waals surface area contributed by atoms with E-state index in [9.17, 15) is 9.59 Å². The maximum atomic E-state index is 11.7. The lowest BCUT2D eigenvalue weighted by atomic mass is 10.4. The van der Waals surface area contributed by atoms with Crippen LogP contribution in [0.1, 0.15) is 6.92 Å². The van der Waals surface area contributed by atoms with Crippen LogP contribution in [0.2, 0.25) is 0 Å². The number of likely N-dealkylation sites (N-methyl/N-ethyl adjacent to an activating group) is 1. The summed E-state index contributed by atoms with van der Waals surface area (Å²) in [6.45, 7) is 6.54. The Balaban J connectivity index is 2.23. The standard InChI is InChI=1S/C12H23N3O4/c1-2-15(5-8-16)12(18)11(17)13-3-4-14-6-9-19-10-7-14/h16H,2-10H2,1H3,(H,13,17). The lowest BCUT2D eigenvalue weighted by Crippen LogP contribution is -2.47. The topological polar surface area (TPSA) is 82.1 Å². The second kappa shape index (κ2) is 8.84. The van der Waals surface area contributed by atoms with Gasteiger partial charge >= 0.3 is 11.8 Å². The fourth-order valence-electron chi connectivity index (χ4n) is 1.90. The molecule has 7 heteroatoms. The number of hydrogen-bond donors (Lipinski definition) is 2. The third-order valence-corrected chi connectivity index (χ3v) is 3.05. The minimum atomic E-state index is -0.608. The van der Waals surface area contributed by atoms with Gasteiger partial charge in [-0.05, 0) is 6.92 Å². The minimum Gasteiger partial charge on any atom is -0.395 e. The highest BCUT2D eigenvalue weighted by Gasteiger charge is 2.20. The van der Waals surface area contributed by atoms with Gasteiger partial charge in [-0.1, -0.05) is 0 Å². The summed E-state index contributed by atoms with van der Waals surface area (Å²) < 4.78 is 5.22. The third kappa shape index (κ3) is 5.54. The monoisotopic (exact) mass is 273 g/mol. The van der Waals surface area contributed by atoms with Crippen molar-refractivity contribution in [3.8, 4) is 0 Å². The molecule has 2 amide bonds. The number of rotatable bonds is 6. The molecule has 0 unspecified atom stereocenters. The van der Waals surface area contributed by atoms with Gasteiger partial charge in [-0.2, -0.15) is 0 Å². The van der Waals surface area contributed by atoms with Crippen LogP contribution in [0.4, 0.5) is 0 Å². The number of carbonyl (C=O) groups excluding carboxylic acids is 2. The van der Waals surface area contributed by atoms with E-state index in [1.54, 1.807) is 6.92 Å². The van der Waals surface area contributed by atoms with Gasteiger partial charge in [-0.15, -0.1) is 0 Å². The molecule has 1 rings (SSSR count). The van der Waals surface area contributed by atoms with Crippen LogP contribution in [-0.2, 0) is 14.3 Å². The highest BCUT2D eigenvalue weighted by atomic mass is 16.5. The Labute approximate surface area is 113 Å². The second-order valence-electron chi connectivity index (χ2n) is 4.32. The maximum absolute atomic E-state index is 11.7. The quantitative estimate of drug-likeness (QED) is 0.562. The highest BCUT2D eigenvalue weighted by Crippen LogP contribution is 1.95. The smallest absolute Gasteiger partial charge is 0.311 e. The summed E-state index contributed by atoms with van der Waals surface area (Å²) in [6.07, 6.45) is 0. The van der Waals surface area contributed by atoms with Gasteiger partial charge in [0.1, 0.15) is 0 Å². The van der Waals surface area contributed by atoms with E-state index >= 15 is 0 Å². The lowest BCUT2D eigenvalue weighted by molar-refractivity contribution is -0.146. The van der Waals surface area contributed by atoms with Crippen molar-refractivity contribution in [1.82, 2.24) is 15.1 Å². The molecule has 7 nitrogen and oxygen atoms in total. The normalized spacial score (nSPS) is 16.1. The molecule has 0 aromatic carbocycles. The van der Waals surface area contributed by atoms with Gasteiger partial charge in [0.25, 0.3) is 0 Å². The fraction of sp³-hybridized carbons (Fsp3) is 0.833. The molecule has 0 radical (unpaired) electrons. The summed E-state index contributed by atoms with van der Waals surface area (Å²) in [7, 11) is 0. The number of nitrogens with zero attached hydrogens (tertiary/aromatic N) is 2. The van der Waals surface area contributed by atoms with Gasteiger partial charge in [0.05, 0.1) is 19.8 Å². The van der Waals surface area contributed by atoms with Crippen molar-refractivity contribution in [2.45, 2.75) is 6.92 Å². The van der Waals surface area contributed by atoms with Crippen molar-refractivity contribution >= 4 is 11.8 Å². The molecule has 0 aromatic heterocycles. The molecule has 1 aliphatic heterocycles. The summed E-state index contributed by atoms with van der Waals surface area (Å²) >= 11 is 0. The SMILES string of the molecule is CCN(CCO)C(=O)C(=O)NCCN1CCOCC1. The average molecular weight is 273 g/mol. The van der Waals surface area contributed by atoms with Crippen molar-refractivity contribution in [2.24, 2.45) is 0 Å². The van der Waals surface area contributed by atoms with Crippen molar-refractivity contribution in [1.29, 1.82) is 0 Å². The summed E-state index contributed by atoms with van der Waals surface area (Å²) in [5, 5.41) is 11.4. The lowest BCUT2D eigenvalue weighted by Gasteiger charge is -2.26. The number of amides is 2. The first-order chi connectivity index (χ1) is 9.19. The summed E-state index contributed by atoms with van der Waals surface area (Å²) in [5.41, 5.74) is 0. The van der Waals surface area contributed by atoms with Crippen molar-refractivity contribution in [3.05, 3.63) is 0 Å². The molecule has 0 saturated carbocycles. The molecular formula is C12H23N3O4. The van der Waals surface area contributed by atoms with E-state index in [1.165, 1.54) is 4.90 Å². The Morgan fingerprint density at radius 3 is 2.63 bits per heavy atom. The van der Waals surface area contributed by atoms with Crippen LogP contribution in [0.3, 0.4) is 0 Å². The van der Waals surface area contributed by atoms with Crippen LogP contribution in [-0.4, -0.2) is 85.8 Å². The second-order valence-corrected chi connectivity index (χ2v) is 4.32. The Morgan fingerprint density at radius 1 is 1.37 bits per heavy atom. The number of aliphatic hydroxyl groups is 1. The van der Waals surface area contributed by atoms with Crippen LogP contribution in [0.5, 0.6) is 0 Å². The highest BCUT2D eigenvalue weighted by molar-refractivity contribution is 6.34. The number of morpholine rings is 1. The molecule has 0 aromatic rings. The first-order valence-electron chi connectivity index (χ1n) is 6.67. The molecule has 0 atom stereocenters. The predicted octanol–water partition coefficient (Wildman–Crippen LogP) is -1.72. The van der Waals surface area contributed by atoms with E-state index in [-0.39, 0.29) is 13.2 Å². The molecule has 0 aliphatic carbocycles. The zero-order valence-corrected chi connectivity index (χ0v) is 11.4. The molecule has 1 saturated heterocycles. The van der Waals surface area contributed by atoms with Crippen LogP contribution >= 0.6 is 0 Å². The van der Waals surface area contributed by atoms with E-state index < -0.39 is 11.8 Å². The van der Waals surface area contributed by atoms with Gasteiger partial charge in [0.15, 0.2) is 0 Å². The number of nitrogens with one attached hydrogen (secondary N) is 1. The van der Waals surface area contributed by atoms with Crippen LogP contribution in [0.25, 0.3) is 0 Å². The molecule has 1 fully saturated rings. The summed E-state index contributed by atoms with van der Waals surface area (Å²) in [4.78, 5) is 26.9. The van der Waals surface area contributed by atoms with E-state index in [4.69, 9.17) is 9.84 Å². The summed E-state index contributed by atoms with van der Waals surface area (Å²) in [5.74, 6) is -1.19. The number of hydrogen-bond acceptors (Lipinski definition) is 5. The molecule has 0 bridgehead atoms. The van der Waals surface area contributed by atoms with Crippen LogP contribution in [0, 0.1) is 0 Å². The zero-order valence-electron chi connectivity index (χ0n) is 11.4. The van der Waals surface area contributed by atoms with E-state index in [0.717, 1.165) is 13.1 Å². The molecular weight excluding hydrogens is 250 g/mol. The minimum absolute atomic E-state index is 0.138. The van der Waals surface area contributed by atoms with E-state index in [1.807, 2.05) is 0 Å². The Bertz CT molecular complexity index is 293. The zero-order chi connectivity index (χ0) is 14.1. The molecule has 19 heavy (non-hydrogen) atoms. The Hall–Kier alpha value is -1.18. The van der Waals surface area contributed by atoms with Crippen LogP contribution in [0.15, 0.2) is 0 Å². The van der Waals surface area contributed by atoms with Crippen molar-refractivity contribution in [3.63, 3.8) is 0 Å². The number of aliphatic hydroxyl groups excluding tert-OH is 1. The maximum Gasteiger partial charge on any atom is 0.311 e. The van der Waals surface area contributed by atoms with Gasteiger partial charge in [-0.3, -0.25) is 14.5 Å². The van der Waals surface area contributed by atoms with Gasteiger partial charge in [0.2, 0.25) is 0 Å². The molecule has 110 valence electrons. The number of carbonyl (C=O) groups is 2. The number of ether oxygens (including phenoxy) is 1. The summed E-state index contributed by atoms with van der Waals surface area (Å²) in [6, 6.07) is 0. The van der Waals surface area contributed by atoms with Crippen LogP contribution < -0.4 is 5.32 Å². The van der Waals surface area contributed by atoms with E-state index in [2.05, 4.69) is 10.2 Å². The average Bonchev–Trinajstić information content (AvgIpc) is 2.45. The first kappa shape index (κ1) is 15.9. The van der Waals surface area contributed by atoms with Gasteiger partial charge in [0, 0.05) is 39.3 Å². The first-order valence-corrected chi connectivity index (χ1v) is 6.67. The Kier molecular flexibility index (Phi) is 7.39. The molecule has 0 spiro atoms. The third-order valence-electron chi connectivity index (χ3n) is 3.05.